The van der Waals surface area contributed by atoms with Crippen LogP contribution in [0.5, 0.6) is 5.75 Å². The van der Waals surface area contributed by atoms with Gasteiger partial charge in [0.2, 0.25) is 0 Å². The molecule has 2 aromatic rings. The zero-order valence-electron chi connectivity index (χ0n) is 13.2. The minimum absolute atomic E-state index is 0.0958. The van der Waals surface area contributed by atoms with Gasteiger partial charge in [0.25, 0.3) is 5.91 Å². The lowest BCUT2D eigenvalue weighted by Gasteiger charge is -2.22. The second-order valence-corrected chi connectivity index (χ2v) is 6.25. The largest absolute Gasteiger partial charge is 0.480 e. The van der Waals surface area contributed by atoms with E-state index in [1.807, 2.05) is 44.2 Å². The molecule has 0 fully saturated rings. The molecule has 0 N–H and O–H groups in total. The number of amides is 1. The summed E-state index contributed by atoms with van der Waals surface area (Å²) in [6, 6.07) is 9.53. The Balaban J connectivity index is 1.98. The van der Waals surface area contributed by atoms with Gasteiger partial charge in [-0.25, -0.2) is 0 Å². The van der Waals surface area contributed by atoms with Gasteiger partial charge in [-0.1, -0.05) is 6.07 Å². The first-order chi connectivity index (χ1) is 10.4. The number of nitrogens with zero attached hydrogens (tertiary/aromatic N) is 1. The molecule has 22 heavy (non-hydrogen) atoms. The molecule has 118 valence electrons. The SMILES string of the molecule is Cc1ccc(OC(C)C(=O)N(C)Cc2ccc(C)o2)c(Br)c1. The van der Waals surface area contributed by atoms with Crippen LogP contribution in [0.1, 0.15) is 24.0 Å². The van der Waals surface area contributed by atoms with E-state index in [0.29, 0.717) is 12.3 Å². The molecule has 1 amide bonds. The van der Waals surface area contributed by atoms with E-state index in [9.17, 15) is 4.79 Å². The minimum Gasteiger partial charge on any atom is -0.480 e. The van der Waals surface area contributed by atoms with Gasteiger partial charge in [0, 0.05) is 7.05 Å². The summed E-state index contributed by atoms with van der Waals surface area (Å²) in [6.07, 6.45) is -0.569. The number of benzene rings is 1. The van der Waals surface area contributed by atoms with Gasteiger partial charge in [0.15, 0.2) is 6.10 Å². The fourth-order valence-electron chi connectivity index (χ4n) is 2.13. The molecule has 4 nitrogen and oxygen atoms in total. The highest BCUT2D eigenvalue weighted by Crippen LogP contribution is 2.27. The summed E-state index contributed by atoms with van der Waals surface area (Å²) in [7, 11) is 1.74. The standard InChI is InChI=1S/C17H20BrNO3/c1-11-5-8-16(15(18)9-11)22-13(3)17(20)19(4)10-14-7-6-12(2)21-14/h5-9,13H,10H2,1-4H3. The third-order valence-corrected chi connectivity index (χ3v) is 3.92. The van der Waals surface area contributed by atoms with Crippen molar-refractivity contribution in [3.05, 3.63) is 51.9 Å². The molecule has 1 aromatic heterocycles. The van der Waals surface area contributed by atoms with Crippen LogP contribution >= 0.6 is 15.9 Å². The second kappa shape index (κ2) is 7.01. The molecule has 1 heterocycles. The Bertz CT molecular complexity index is 666. The molecule has 2 rings (SSSR count). The zero-order chi connectivity index (χ0) is 16.3. The molecule has 0 saturated heterocycles. The zero-order valence-corrected chi connectivity index (χ0v) is 14.8. The number of likely N-dealkylation sites (N-methyl/N-ethyl adjacent to an activating group) is 1. The maximum absolute atomic E-state index is 12.4. The summed E-state index contributed by atoms with van der Waals surface area (Å²) < 4.78 is 12.1. The molecule has 1 aromatic carbocycles. The van der Waals surface area contributed by atoms with Crippen LogP contribution in [0.3, 0.4) is 0 Å². The average molecular weight is 366 g/mol. The van der Waals surface area contributed by atoms with Crippen molar-refractivity contribution in [1.29, 1.82) is 0 Å². The van der Waals surface area contributed by atoms with Gasteiger partial charge >= 0.3 is 0 Å². The quantitative estimate of drug-likeness (QED) is 0.801. The summed E-state index contributed by atoms with van der Waals surface area (Å²) in [5, 5.41) is 0. The first kappa shape index (κ1) is 16.6. The lowest BCUT2D eigenvalue weighted by atomic mass is 10.2. The van der Waals surface area contributed by atoms with Gasteiger partial charge in [-0.3, -0.25) is 4.79 Å². The van der Waals surface area contributed by atoms with Crippen molar-refractivity contribution in [2.45, 2.75) is 33.4 Å². The topological polar surface area (TPSA) is 42.7 Å². The number of aryl methyl sites for hydroxylation is 2. The number of carbonyl (C=O) groups is 1. The maximum Gasteiger partial charge on any atom is 0.263 e. The first-order valence-corrected chi connectivity index (χ1v) is 7.89. The Morgan fingerprint density at radius 1 is 1.32 bits per heavy atom. The smallest absolute Gasteiger partial charge is 0.263 e. The van der Waals surface area contributed by atoms with Crippen LogP contribution in [-0.4, -0.2) is 24.0 Å². The van der Waals surface area contributed by atoms with E-state index in [1.165, 1.54) is 0 Å². The Labute approximate surface area is 139 Å². The van der Waals surface area contributed by atoms with Crippen LogP contribution in [0.2, 0.25) is 0 Å². The molecule has 1 unspecified atom stereocenters. The second-order valence-electron chi connectivity index (χ2n) is 5.40. The third-order valence-electron chi connectivity index (χ3n) is 3.30. The van der Waals surface area contributed by atoms with Gasteiger partial charge in [0.1, 0.15) is 17.3 Å². The fourth-order valence-corrected chi connectivity index (χ4v) is 2.72. The molecular weight excluding hydrogens is 346 g/mol. The summed E-state index contributed by atoms with van der Waals surface area (Å²) in [6.45, 7) is 6.06. The molecular formula is C17H20BrNO3. The van der Waals surface area contributed by atoms with Crippen LogP contribution in [0.15, 0.2) is 39.2 Å². The van der Waals surface area contributed by atoms with Crippen molar-refractivity contribution in [2.75, 3.05) is 7.05 Å². The van der Waals surface area contributed by atoms with Gasteiger partial charge in [0.05, 0.1) is 11.0 Å². The first-order valence-electron chi connectivity index (χ1n) is 7.10. The van der Waals surface area contributed by atoms with Crippen molar-refractivity contribution in [3.8, 4) is 5.75 Å². The van der Waals surface area contributed by atoms with Gasteiger partial charge in [-0.05, 0) is 66.5 Å². The fraction of sp³-hybridized carbons (Fsp3) is 0.353. The molecule has 0 bridgehead atoms. The minimum atomic E-state index is -0.569. The highest BCUT2D eigenvalue weighted by Gasteiger charge is 2.21. The van der Waals surface area contributed by atoms with Crippen LogP contribution < -0.4 is 4.74 Å². The molecule has 0 radical (unpaired) electrons. The number of furan rings is 1. The van der Waals surface area contributed by atoms with Gasteiger partial charge in [-0.15, -0.1) is 0 Å². The van der Waals surface area contributed by atoms with E-state index in [1.54, 1.807) is 18.9 Å². The van der Waals surface area contributed by atoms with Crippen molar-refractivity contribution >= 4 is 21.8 Å². The van der Waals surface area contributed by atoms with E-state index in [2.05, 4.69) is 15.9 Å². The molecule has 0 spiro atoms. The maximum atomic E-state index is 12.4. The van der Waals surface area contributed by atoms with E-state index in [4.69, 9.17) is 9.15 Å². The molecule has 0 aliphatic rings. The average Bonchev–Trinajstić information content (AvgIpc) is 2.86. The molecule has 5 heteroatoms. The van der Waals surface area contributed by atoms with Crippen LogP contribution in [0.4, 0.5) is 0 Å². The molecule has 0 aliphatic carbocycles. The monoisotopic (exact) mass is 365 g/mol. The Kier molecular flexibility index (Phi) is 5.29. The van der Waals surface area contributed by atoms with E-state index in [0.717, 1.165) is 21.6 Å². The number of halogens is 1. The van der Waals surface area contributed by atoms with Crippen molar-refractivity contribution in [3.63, 3.8) is 0 Å². The van der Waals surface area contributed by atoms with Crippen LogP contribution in [0.25, 0.3) is 0 Å². The molecule has 1 atom stereocenters. The van der Waals surface area contributed by atoms with Crippen molar-refractivity contribution < 1.29 is 13.9 Å². The van der Waals surface area contributed by atoms with Crippen molar-refractivity contribution in [1.82, 2.24) is 4.90 Å². The third kappa shape index (κ3) is 4.13. The Morgan fingerprint density at radius 2 is 2.05 bits per heavy atom. The number of rotatable bonds is 5. The number of hydrogen-bond donors (Lipinski definition) is 0. The van der Waals surface area contributed by atoms with Gasteiger partial charge in [-0.2, -0.15) is 0 Å². The Morgan fingerprint density at radius 3 is 2.64 bits per heavy atom. The van der Waals surface area contributed by atoms with Gasteiger partial charge < -0.3 is 14.1 Å². The summed E-state index contributed by atoms with van der Waals surface area (Å²) in [4.78, 5) is 14.0. The van der Waals surface area contributed by atoms with Crippen molar-refractivity contribution in [2.24, 2.45) is 0 Å². The number of carbonyl (C=O) groups excluding carboxylic acids is 1. The highest BCUT2D eigenvalue weighted by molar-refractivity contribution is 9.10. The summed E-state index contributed by atoms with van der Waals surface area (Å²) >= 11 is 3.45. The predicted molar refractivity (Wildman–Crippen MR) is 88.9 cm³/mol. The molecule has 0 saturated carbocycles. The Hall–Kier alpha value is -1.75. The van der Waals surface area contributed by atoms with E-state index < -0.39 is 6.10 Å². The highest BCUT2D eigenvalue weighted by atomic mass is 79.9. The summed E-state index contributed by atoms with van der Waals surface area (Å²) in [5.74, 6) is 2.16. The van der Waals surface area contributed by atoms with Crippen LogP contribution in [0, 0.1) is 13.8 Å². The molecule has 0 aliphatic heterocycles. The van der Waals surface area contributed by atoms with E-state index >= 15 is 0 Å². The van der Waals surface area contributed by atoms with E-state index in [-0.39, 0.29) is 5.91 Å². The lowest BCUT2D eigenvalue weighted by Crippen LogP contribution is -2.37. The summed E-state index contributed by atoms with van der Waals surface area (Å²) in [5.41, 5.74) is 1.13. The predicted octanol–water partition coefficient (Wildman–Crippen LogP) is 4.08. The normalized spacial score (nSPS) is 12.0. The van der Waals surface area contributed by atoms with Crippen LogP contribution in [-0.2, 0) is 11.3 Å². The lowest BCUT2D eigenvalue weighted by molar-refractivity contribution is -0.137. The number of ether oxygens (including phenoxy) is 1. The number of hydrogen-bond acceptors (Lipinski definition) is 3.